The van der Waals surface area contributed by atoms with Crippen LogP contribution in [0.3, 0.4) is 0 Å². The molecule has 0 aliphatic heterocycles. The predicted octanol–water partition coefficient (Wildman–Crippen LogP) is 1.04. The summed E-state index contributed by atoms with van der Waals surface area (Å²) < 4.78 is 24.1. The summed E-state index contributed by atoms with van der Waals surface area (Å²) in [6.07, 6.45) is 2.68. The lowest BCUT2D eigenvalue weighted by Crippen LogP contribution is -2.27. The van der Waals surface area contributed by atoms with E-state index in [-0.39, 0.29) is 39.6 Å². The molecule has 3 aromatic rings. The third-order valence-electron chi connectivity index (χ3n) is 4.16. The van der Waals surface area contributed by atoms with E-state index in [0.29, 0.717) is 22.8 Å². The molecule has 3 aromatic heterocycles. The number of nitrogens with two attached hydrogens (primary N) is 1. The first-order valence-electron chi connectivity index (χ1n) is 8.51. The SMILES string of the molecule is Cc1sc2ncn(CCN(C)C)c(=O)c2c1C(=O)Nc1ccc(S(N)(=O)=O)nc1.Cl. The number of anilines is 1. The molecule has 10 nitrogen and oxygen atoms in total. The van der Waals surface area contributed by atoms with Gasteiger partial charge >= 0.3 is 0 Å². The number of nitrogens with one attached hydrogen (secondary N) is 1. The lowest BCUT2D eigenvalue weighted by atomic mass is 10.1. The smallest absolute Gasteiger partial charge is 0.262 e. The summed E-state index contributed by atoms with van der Waals surface area (Å²) in [5.74, 6) is -0.497. The number of rotatable bonds is 6. The molecule has 0 bridgehead atoms. The number of carbonyl (C=O) groups excluding carboxylic acids is 1. The topological polar surface area (TPSA) is 140 Å². The number of halogens is 1. The van der Waals surface area contributed by atoms with Gasteiger partial charge in [0.25, 0.3) is 21.5 Å². The molecule has 0 saturated heterocycles. The molecule has 3 rings (SSSR count). The van der Waals surface area contributed by atoms with Crippen molar-refractivity contribution >= 4 is 55.6 Å². The van der Waals surface area contributed by atoms with E-state index in [0.717, 1.165) is 0 Å². The molecule has 0 unspecified atom stereocenters. The average Bonchev–Trinajstić information content (AvgIpc) is 2.97. The van der Waals surface area contributed by atoms with Gasteiger partial charge in [0.2, 0.25) is 0 Å². The number of hydrogen-bond donors (Lipinski definition) is 2. The molecule has 3 heterocycles. The highest BCUT2D eigenvalue weighted by Gasteiger charge is 2.21. The van der Waals surface area contributed by atoms with E-state index in [1.165, 1.54) is 40.6 Å². The maximum atomic E-state index is 12.9. The molecule has 0 aliphatic carbocycles. The Hall–Kier alpha value is -2.38. The van der Waals surface area contributed by atoms with Crippen LogP contribution in [-0.2, 0) is 16.6 Å². The number of primary sulfonamides is 1. The number of amides is 1. The molecule has 1 amide bonds. The zero-order chi connectivity index (χ0) is 21.3. The highest BCUT2D eigenvalue weighted by molar-refractivity contribution is 7.89. The number of aromatic nitrogens is 3. The van der Waals surface area contributed by atoms with Crippen LogP contribution in [0.4, 0.5) is 5.69 Å². The van der Waals surface area contributed by atoms with Crippen molar-refractivity contribution in [2.75, 3.05) is 26.0 Å². The Labute approximate surface area is 183 Å². The zero-order valence-corrected chi connectivity index (χ0v) is 18.9. The number of nitrogens with zero attached hydrogens (tertiary/aromatic N) is 4. The highest BCUT2D eigenvalue weighted by atomic mass is 35.5. The van der Waals surface area contributed by atoms with E-state index >= 15 is 0 Å². The summed E-state index contributed by atoms with van der Waals surface area (Å²) in [7, 11) is -0.122. The molecule has 0 fully saturated rings. The first kappa shape index (κ1) is 23.9. The maximum Gasteiger partial charge on any atom is 0.262 e. The Morgan fingerprint density at radius 1 is 1.30 bits per heavy atom. The molecule has 0 saturated carbocycles. The largest absolute Gasteiger partial charge is 0.321 e. The van der Waals surface area contributed by atoms with Crippen molar-refractivity contribution in [2.24, 2.45) is 5.14 Å². The molecule has 0 aromatic carbocycles. The van der Waals surface area contributed by atoms with E-state index in [1.54, 1.807) is 6.92 Å². The summed E-state index contributed by atoms with van der Waals surface area (Å²) in [5.41, 5.74) is 0.240. The van der Waals surface area contributed by atoms with Crippen LogP contribution in [0.1, 0.15) is 15.2 Å². The van der Waals surface area contributed by atoms with E-state index in [9.17, 15) is 18.0 Å². The number of fused-ring (bicyclic) bond motifs is 1. The van der Waals surface area contributed by atoms with Gasteiger partial charge in [-0.05, 0) is 33.2 Å². The molecule has 162 valence electrons. The van der Waals surface area contributed by atoms with Gasteiger partial charge in [0, 0.05) is 18.0 Å². The molecule has 0 atom stereocenters. The summed E-state index contributed by atoms with van der Waals surface area (Å²) in [6, 6.07) is 2.57. The molecule has 0 radical (unpaired) electrons. The van der Waals surface area contributed by atoms with Gasteiger partial charge in [-0.1, -0.05) is 0 Å². The van der Waals surface area contributed by atoms with Gasteiger partial charge in [0.05, 0.1) is 29.2 Å². The van der Waals surface area contributed by atoms with Gasteiger partial charge in [0.15, 0.2) is 5.03 Å². The fourth-order valence-corrected chi connectivity index (χ4v) is 4.13. The first-order valence-corrected chi connectivity index (χ1v) is 10.9. The standard InChI is InChI=1S/C17H20N6O4S2.ClH/c1-10-13(15(24)21-11-4-5-12(19-8-11)29(18,26)27)14-16(28-10)20-9-23(17(14)25)7-6-22(2)3;/h4-5,8-9H,6-7H2,1-3H3,(H,21,24)(H2,18,26,27);1H. The normalized spacial score (nSPS) is 11.5. The molecule has 13 heteroatoms. The minimum Gasteiger partial charge on any atom is -0.321 e. The van der Waals surface area contributed by atoms with Crippen molar-refractivity contribution in [3.63, 3.8) is 0 Å². The predicted molar refractivity (Wildman–Crippen MR) is 118 cm³/mol. The second-order valence-corrected chi connectivity index (χ2v) is 9.36. The van der Waals surface area contributed by atoms with Crippen LogP contribution in [0.25, 0.3) is 10.2 Å². The van der Waals surface area contributed by atoms with Crippen molar-refractivity contribution < 1.29 is 13.2 Å². The van der Waals surface area contributed by atoms with Gasteiger partial charge in [-0.3, -0.25) is 14.2 Å². The van der Waals surface area contributed by atoms with Crippen molar-refractivity contribution in [2.45, 2.75) is 18.5 Å². The van der Waals surface area contributed by atoms with Gasteiger partial charge < -0.3 is 10.2 Å². The van der Waals surface area contributed by atoms with Gasteiger partial charge in [-0.2, -0.15) is 0 Å². The Kier molecular flexibility index (Phi) is 7.31. The Morgan fingerprint density at radius 3 is 2.57 bits per heavy atom. The van der Waals surface area contributed by atoms with E-state index in [2.05, 4.69) is 15.3 Å². The third-order valence-corrected chi connectivity index (χ3v) is 5.99. The van der Waals surface area contributed by atoms with Gasteiger partial charge in [-0.15, -0.1) is 23.7 Å². The number of sulfonamides is 1. The van der Waals surface area contributed by atoms with Crippen molar-refractivity contribution in [1.82, 2.24) is 19.4 Å². The molecule has 30 heavy (non-hydrogen) atoms. The number of aryl methyl sites for hydroxylation is 1. The number of likely N-dealkylation sites (N-methyl/N-ethyl adjacent to an activating group) is 1. The van der Waals surface area contributed by atoms with Crippen molar-refractivity contribution in [3.8, 4) is 0 Å². The summed E-state index contributed by atoms with van der Waals surface area (Å²) in [6.45, 7) is 2.84. The lowest BCUT2D eigenvalue weighted by Gasteiger charge is -2.11. The fourth-order valence-electron chi connectivity index (χ4n) is 2.69. The summed E-state index contributed by atoms with van der Waals surface area (Å²) >= 11 is 1.26. The average molecular weight is 473 g/mol. The minimum absolute atomic E-state index is 0. The number of hydrogen-bond acceptors (Lipinski definition) is 8. The molecule has 0 spiro atoms. The molecule has 3 N–H and O–H groups in total. The quantitative estimate of drug-likeness (QED) is 0.546. The molecular weight excluding hydrogens is 452 g/mol. The minimum atomic E-state index is -3.93. The van der Waals surface area contributed by atoms with Crippen LogP contribution in [0, 0.1) is 6.92 Å². The van der Waals surface area contributed by atoms with Gasteiger partial charge in [0.1, 0.15) is 4.83 Å². The maximum absolute atomic E-state index is 12.9. The fraction of sp³-hybridized carbons (Fsp3) is 0.294. The van der Waals surface area contributed by atoms with Crippen LogP contribution < -0.4 is 16.0 Å². The summed E-state index contributed by atoms with van der Waals surface area (Å²) in [5, 5.41) is 7.62. The Balaban J connectivity index is 0.00000320. The number of thiophene rings is 1. The third kappa shape index (κ3) is 5.02. The van der Waals surface area contributed by atoms with Crippen LogP contribution >= 0.6 is 23.7 Å². The number of carbonyl (C=O) groups is 1. The van der Waals surface area contributed by atoms with E-state index in [4.69, 9.17) is 5.14 Å². The monoisotopic (exact) mass is 472 g/mol. The number of pyridine rings is 1. The Morgan fingerprint density at radius 2 is 2.00 bits per heavy atom. The van der Waals surface area contributed by atoms with Crippen molar-refractivity contribution in [1.29, 1.82) is 0 Å². The van der Waals surface area contributed by atoms with Crippen LogP contribution in [0.15, 0.2) is 34.5 Å². The molecule has 0 aliphatic rings. The van der Waals surface area contributed by atoms with Crippen LogP contribution in [0.2, 0.25) is 0 Å². The van der Waals surface area contributed by atoms with Crippen LogP contribution in [-0.4, -0.2) is 54.4 Å². The first-order chi connectivity index (χ1) is 13.6. The second-order valence-electron chi connectivity index (χ2n) is 6.64. The summed E-state index contributed by atoms with van der Waals surface area (Å²) in [4.78, 5) is 36.9. The van der Waals surface area contributed by atoms with Crippen molar-refractivity contribution in [3.05, 3.63) is 45.5 Å². The van der Waals surface area contributed by atoms with E-state index < -0.39 is 15.9 Å². The van der Waals surface area contributed by atoms with Crippen LogP contribution in [0.5, 0.6) is 0 Å². The van der Waals surface area contributed by atoms with E-state index in [1.807, 2.05) is 19.0 Å². The highest BCUT2D eigenvalue weighted by Crippen LogP contribution is 2.27. The lowest BCUT2D eigenvalue weighted by molar-refractivity contribution is 0.102. The Bertz CT molecular complexity index is 1240. The second kappa shape index (κ2) is 9.18. The van der Waals surface area contributed by atoms with Gasteiger partial charge in [-0.25, -0.2) is 23.5 Å². The molecular formula is C17H21ClN6O4S2. The zero-order valence-electron chi connectivity index (χ0n) is 16.4.